The maximum absolute atomic E-state index is 13.2. The van der Waals surface area contributed by atoms with Crippen molar-refractivity contribution < 1.29 is 9.50 Å². The van der Waals surface area contributed by atoms with E-state index >= 15 is 0 Å². The molecule has 0 fully saturated rings. The van der Waals surface area contributed by atoms with Crippen LogP contribution >= 0.6 is 0 Å². The van der Waals surface area contributed by atoms with E-state index in [2.05, 4.69) is 5.32 Å². The molecular formula is C10H14FNO. The Morgan fingerprint density at radius 1 is 1.46 bits per heavy atom. The van der Waals surface area contributed by atoms with Crippen LogP contribution in [0.25, 0.3) is 0 Å². The molecule has 2 nitrogen and oxygen atoms in total. The van der Waals surface area contributed by atoms with E-state index in [9.17, 15) is 4.39 Å². The highest BCUT2D eigenvalue weighted by Crippen LogP contribution is 2.15. The Bertz CT molecular complexity index is 265. The van der Waals surface area contributed by atoms with Crippen LogP contribution in [-0.4, -0.2) is 18.3 Å². The summed E-state index contributed by atoms with van der Waals surface area (Å²) in [4.78, 5) is 0. The largest absolute Gasteiger partial charge is 0.395 e. The summed E-state index contributed by atoms with van der Waals surface area (Å²) in [6.45, 7) is 2.42. The fourth-order valence-corrected chi connectivity index (χ4v) is 1.22. The van der Waals surface area contributed by atoms with Gasteiger partial charge in [0, 0.05) is 18.2 Å². The van der Waals surface area contributed by atoms with Crippen LogP contribution in [0.2, 0.25) is 0 Å². The molecule has 1 unspecified atom stereocenters. The normalized spacial score (nSPS) is 12.8. The van der Waals surface area contributed by atoms with Crippen LogP contribution in [0.15, 0.2) is 24.3 Å². The van der Waals surface area contributed by atoms with E-state index < -0.39 is 0 Å². The molecule has 0 aliphatic rings. The molecule has 0 saturated carbocycles. The Morgan fingerprint density at radius 3 is 2.77 bits per heavy atom. The molecule has 72 valence electrons. The van der Waals surface area contributed by atoms with Gasteiger partial charge in [0.1, 0.15) is 5.82 Å². The molecule has 3 heteroatoms. The van der Waals surface area contributed by atoms with Gasteiger partial charge in [0.05, 0.1) is 6.61 Å². The van der Waals surface area contributed by atoms with Crippen molar-refractivity contribution in [1.29, 1.82) is 0 Å². The second-order valence-electron chi connectivity index (χ2n) is 2.92. The number of benzene rings is 1. The van der Waals surface area contributed by atoms with Gasteiger partial charge in [0.15, 0.2) is 0 Å². The summed E-state index contributed by atoms with van der Waals surface area (Å²) in [5.41, 5.74) is 0.635. The fourth-order valence-electron chi connectivity index (χ4n) is 1.22. The molecule has 0 radical (unpaired) electrons. The molecule has 1 aromatic rings. The molecule has 0 spiro atoms. The fraction of sp³-hybridized carbons (Fsp3) is 0.400. The molecular weight excluding hydrogens is 169 g/mol. The molecule has 0 heterocycles. The van der Waals surface area contributed by atoms with Gasteiger partial charge in [-0.05, 0) is 13.0 Å². The molecule has 1 aromatic carbocycles. The zero-order valence-electron chi connectivity index (χ0n) is 7.63. The Labute approximate surface area is 77.4 Å². The molecule has 0 aliphatic carbocycles. The highest BCUT2D eigenvalue weighted by Gasteiger charge is 2.07. The second-order valence-corrected chi connectivity index (χ2v) is 2.92. The van der Waals surface area contributed by atoms with Crippen molar-refractivity contribution in [2.75, 3.05) is 13.2 Å². The van der Waals surface area contributed by atoms with Gasteiger partial charge in [-0.25, -0.2) is 4.39 Å². The van der Waals surface area contributed by atoms with Gasteiger partial charge in [-0.3, -0.25) is 0 Å². The van der Waals surface area contributed by atoms with Gasteiger partial charge >= 0.3 is 0 Å². The van der Waals surface area contributed by atoms with E-state index in [0.29, 0.717) is 12.1 Å². The lowest BCUT2D eigenvalue weighted by Crippen LogP contribution is -2.22. The standard InChI is InChI=1S/C10H14FNO/c1-8(12-6-7-13)9-4-2-3-5-10(9)11/h2-5,8,12-13H,6-7H2,1H3. The lowest BCUT2D eigenvalue weighted by molar-refractivity contribution is 0.285. The third kappa shape index (κ3) is 2.79. The van der Waals surface area contributed by atoms with Crippen molar-refractivity contribution >= 4 is 0 Å². The minimum absolute atomic E-state index is 0.0617. The van der Waals surface area contributed by atoms with E-state index in [1.807, 2.05) is 6.92 Å². The van der Waals surface area contributed by atoms with Crippen LogP contribution in [0.3, 0.4) is 0 Å². The van der Waals surface area contributed by atoms with E-state index in [-0.39, 0.29) is 18.5 Å². The zero-order valence-corrected chi connectivity index (χ0v) is 7.63. The van der Waals surface area contributed by atoms with Crippen molar-refractivity contribution in [1.82, 2.24) is 5.32 Å². The summed E-state index contributed by atoms with van der Waals surface area (Å²) < 4.78 is 13.2. The molecule has 13 heavy (non-hydrogen) atoms. The SMILES string of the molecule is CC(NCCO)c1ccccc1F. The van der Waals surface area contributed by atoms with Gasteiger partial charge < -0.3 is 10.4 Å². The molecule has 0 aromatic heterocycles. The first kappa shape index (κ1) is 10.2. The Balaban J connectivity index is 2.65. The monoisotopic (exact) mass is 183 g/mol. The van der Waals surface area contributed by atoms with Crippen molar-refractivity contribution in [2.24, 2.45) is 0 Å². The topological polar surface area (TPSA) is 32.3 Å². The van der Waals surface area contributed by atoms with Gasteiger partial charge in [0.2, 0.25) is 0 Å². The van der Waals surface area contributed by atoms with Crippen molar-refractivity contribution in [3.05, 3.63) is 35.6 Å². The van der Waals surface area contributed by atoms with Crippen LogP contribution in [-0.2, 0) is 0 Å². The van der Waals surface area contributed by atoms with Crippen LogP contribution in [0.5, 0.6) is 0 Å². The number of aliphatic hydroxyl groups excluding tert-OH is 1. The van der Waals surface area contributed by atoms with Crippen molar-refractivity contribution in [3.8, 4) is 0 Å². The maximum atomic E-state index is 13.2. The van der Waals surface area contributed by atoms with Crippen molar-refractivity contribution in [3.63, 3.8) is 0 Å². The second kappa shape index (κ2) is 4.94. The first-order valence-corrected chi connectivity index (χ1v) is 4.34. The van der Waals surface area contributed by atoms with Crippen LogP contribution in [0.4, 0.5) is 4.39 Å². The highest BCUT2D eigenvalue weighted by molar-refractivity contribution is 5.20. The average Bonchev–Trinajstić information content (AvgIpc) is 2.15. The van der Waals surface area contributed by atoms with Crippen LogP contribution in [0, 0.1) is 5.82 Å². The number of halogens is 1. The molecule has 0 saturated heterocycles. The predicted molar refractivity (Wildman–Crippen MR) is 49.9 cm³/mol. The molecule has 0 bridgehead atoms. The lowest BCUT2D eigenvalue weighted by atomic mass is 10.1. The number of rotatable bonds is 4. The Kier molecular flexibility index (Phi) is 3.86. The first-order valence-electron chi connectivity index (χ1n) is 4.34. The van der Waals surface area contributed by atoms with Crippen molar-refractivity contribution in [2.45, 2.75) is 13.0 Å². The zero-order chi connectivity index (χ0) is 9.68. The molecule has 0 aliphatic heterocycles. The maximum Gasteiger partial charge on any atom is 0.127 e. The Morgan fingerprint density at radius 2 is 2.15 bits per heavy atom. The lowest BCUT2D eigenvalue weighted by Gasteiger charge is -2.13. The summed E-state index contributed by atoms with van der Waals surface area (Å²) >= 11 is 0. The van der Waals surface area contributed by atoms with E-state index in [1.54, 1.807) is 18.2 Å². The smallest absolute Gasteiger partial charge is 0.127 e. The Hall–Kier alpha value is -0.930. The number of hydrogen-bond acceptors (Lipinski definition) is 2. The van der Waals surface area contributed by atoms with Gasteiger partial charge in [0.25, 0.3) is 0 Å². The summed E-state index contributed by atoms with van der Waals surface area (Å²) in [5.74, 6) is -0.208. The first-order chi connectivity index (χ1) is 6.25. The average molecular weight is 183 g/mol. The predicted octanol–water partition coefficient (Wildman–Crippen LogP) is 1.47. The summed E-state index contributed by atoms with van der Waals surface area (Å²) in [7, 11) is 0. The minimum atomic E-state index is -0.208. The number of aliphatic hydroxyl groups is 1. The molecule has 0 amide bonds. The van der Waals surface area contributed by atoms with E-state index in [4.69, 9.17) is 5.11 Å². The van der Waals surface area contributed by atoms with Crippen LogP contribution in [0.1, 0.15) is 18.5 Å². The van der Waals surface area contributed by atoms with Crippen LogP contribution < -0.4 is 5.32 Å². The summed E-state index contributed by atoms with van der Waals surface area (Å²) in [6, 6.07) is 6.58. The van der Waals surface area contributed by atoms with E-state index in [1.165, 1.54) is 6.07 Å². The third-order valence-electron chi connectivity index (χ3n) is 1.93. The van der Waals surface area contributed by atoms with E-state index in [0.717, 1.165) is 0 Å². The van der Waals surface area contributed by atoms with Gasteiger partial charge in [-0.2, -0.15) is 0 Å². The summed E-state index contributed by atoms with van der Waals surface area (Å²) in [5, 5.41) is 11.6. The highest BCUT2D eigenvalue weighted by atomic mass is 19.1. The molecule has 1 rings (SSSR count). The summed E-state index contributed by atoms with van der Waals surface area (Å²) in [6.07, 6.45) is 0. The third-order valence-corrected chi connectivity index (χ3v) is 1.93. The quantitative estimate of drug-likeness (QED) is 0.740. The van der Waals surface area contributed by atoms with Gasteiger partial charge in [-0.1, -0.05) is 18.2 Å². The van der Waals surface area contributed by atoms with Gasteiger partial charge in [-0.15, -0.1) is 0 Å². The minimum Gasteiger partial charge on any atom is -0.395 e. The molecule has 2 N–H and O–H groups in total. The molecule has 1 atom stereocenters. The number of hydrogen-bond donors (Lipinski definition) is 2. The number of nitrogens with one attached hydrogen (secondary N) is 1.